The molecule has 0 fully saturated rings. The van der Waals surface area contributed by atoms with Crippen LogP contribution in [0.25, 0.3) is 89.1 Å². The summed E-state index contributed by atoms with van der Waals surface area (Å²) < 4.78 is 0. The molecule has 9 aromatic rings. The number of hydrogen-bond acceptors (Lipinski definition) is 3. The van der Waals surface area contributed by atoms with Crippen molar-refractivity contribution in [1.82, 2.24) is 15.0 Å². The van der Waals surface area contributed by atoms with E-state index in [1.165, 1.54) is 49.4 Å². The summed E-state index contributed by atoms with van der Waals surface area (Å²) >= 11 is 0. The Morgan fingerprint density at radius 2 is 0.440 bits per heavy atom. The molecule has 8 aromatic carbocycles. The average molecular weight is 638 g/mol. The largest absolute Gasteiger partial charge is 0.208 e. The molecular formula is C47H31N3. The maximum atomic E-state index is 4.95. The Morgan fingerprint density at radius 3 is 0.800 bits per heavy atom. The van der Waals surface area contributed by atoms with Gasteiger partial charge in [-0.3, -0.25) is 0 Å². The molecule has 0 saturated heterocycles. The Balaban J connectivity index is 1.17. The van der Waals surface area contributed by atoms with Crippen molar-refractivity contribution >= 4 is 21.5 Å². The molecule has 3 heteroatoms. The Labute approximate surface area is 291 Å². The molecular weight excluding hydrogens is 607 g/mol. The van der Waals surface area contributed by atoms with E-state index < -0.39 is 0 Å². The lowest BCUT2D eigenvalue weighted by Gasteiger charge is -2.18. The summed E-state index contributed by atoms with van der Waals surface area (Å²) in [6, 6.07) is 65.9. The summed E-state index contributed by atoms with van der Waals surface area (Å²) in [7, 11) is 0. The fraction of sp³-hybridized carbons (Fsp3) is 0. The maximum Gasteiger partial charge on any atom is 0.164 e. The molecule has 0 aliphatic rings. The third kappa shape index (κ3) is 5.41. The van der Waals surface area contributed by atoms with E-state index in [9.17, 15) is 0 Å². The van der Waals surface area contributed by atoms with Gasteiger partial charge in [0, 0.05) is 16.7 Å². The zero-order valence-electron chi connectivity index (χ0n) is 27.2. The van der Waals surface area contributed by atoms with Crippen molar-refractivity contribution in [3.05, 3.63) is 188 Å². The number of hydrogen-bond donors (Lipinski definition) is 0. The van der Waals surface area contributed by atoms with Gasteiger partial charge in [0.1, 0.15) is 0 Å². The number of fused-ring (bicyclic) bond motifs is 2. The molecule has 234 valence electrons. The third-order valence-electron chi connectivity index (χ3n) is 9.34. The first-order valence-electron chi connectivity index (χ1n) is 16.9. The van der Waals surface area contributed by atoms with Crippen molar-refractivity contribution in [2.75, 3.05) is 0 Å². The summed E-state index contributed by atoms with van der Waals surface area (Å²) in [5, 5.41) is 4.91. The smallest absolute Gasteiger partial charge is 0.164 e. The summed E-state index contributed by atoms with van der Waals surface area (Å²) in [5.74, 6) is 1.96. The van der Waals surface area contributed by atoms with Crippen molar-refractivity contribution < 1.29 is 0 Å². The second kappa shape index (κ2) is 12.7. The second-order valence-electron chi connectivity index (χ2n) is 12.4. The van der Waals surface area contributed by atoms with Gasteiger partial charge in [-0.05, 0) is 54.9 Å². The van der Waals surface area contributed by atoms with E-state index in [0.29, 0.717) is 17.5 Å². The van der Waals surface area contributed by atoms with E-state index in [0.717, 1.165) is 22.3 Å². The van der Waals surface area contributed by atoms with Crippen LogP contribution in [0.5, 0.6) is 0 Å². The highest BCUT2D eigenvalue weighted by Crippen LogP contribution is 2.44. The first-order valence-corrected chi connectivity index (χ1v) is 16.9. The van der Waals surface area contributed by atoms with Gasteiger partial charge < -0.3 is 0 Å². The zero-order valence-corrected chi connectivity index (χ0v) is 27.2. The van der Waals surface area contributed by atoms with Crippen molar-refractivity contribution in [1.29, 1.82) is 0 Å². The number of nitrogens with zero attached hydrogens (tertiary/aromatic N) is 3. The topological polar surface area (TPSA) is 38.7 Å². The third-order valence-corrected chi connectivity index (χ3v) is 9.34. The van der Waals surface area contributed by atoms with Gasteiger partial charge in [-0.25, -0.2) is 15.0 Å². The lowest BCUT2D eigenvalue weighted by Crippen LogP contribution is -2.00. The van der Waals surface area contributed by atoms with Crippen molar-refractivity contribution in [2.24, 2.45) is 0 Å². The van der Waals surface area contributed by atoms with Gasteiger partial charge in [0.05, 0.1) is 0 Å². The molecule has 50 heavy (non-hydrogen) atoms. The van der Waals surface area contributed by atoms with Crippen molar-refractivity contribution in [2.45, 2.75) is 0 Å². The predicted octanol–water partition coefficient (Wildman–Crippen LogP) is 12.2. The number of aromatic nitrogens is 3. The standard InChI is InChI=1S/C47H31N3/c1-4-14-32(15-5-1)33-24-26-34(27-25-33)43-39-20-10-12-22-41(39)44(42-23-13-11-21-40(42)43)35-28-30-38(31-29-35)47-49-45(36-16-6-2-7-17-36)48-46(50-47)37-18-8-3-9-19-37/h1-31H. The molecule has 1 aromatic heterocycles. The number of rotatable bonds is 6. The average Bonchev–Trinajstić information content (AvgIpc) is 3.21. The van der Waals surface area contributed by atoms with Gasteiger partial charge >= 0.3 is 0 Å². The molecule has 9 rings (SSSR count). The molecule has 0 unspecified atom stereocenters. The molecule has 0 spiro atoms. The molecule has 0 bridgehead atoms. The van der Waals surface area contributed by atoms with Gasteiger partial charge in [0.2, 0.25) is 0 Å². The second-order valence-corrected chi connectivity index (χ2v) is 12.4. The molecule has 0 N–H and O–H groups in total. The van der Waals surface area contributed by atoms with Crippen molar-refractivity contribution in [3.8, 4) is 67.5 Å². The van der Waals surface area contributed by atoms with Gasteiger partial charge in [-0.1, -0.05) is 188 Å². The molecule has 0 aliphatic carbocycles. The summed E-state index contributed by atoms with van der Waals surface area (Å²) in [4.78, 5) is 14.8. The van der Waals surface area contributed by atoms with Gasteiger partial charge in [-0.2, -0.15) is 0 Å². The first kappa shape index (κ1) is 29.4. The molecule has 0 aliphatic heterocycles. The highest BCUT2D eigenvalue weighted by atomic mass is 15.0. The van der Waals surface area contributed by atoms with Crippen molar-refractivity contribution in [3.63, 3.8) is 0 Å². The number of benzene rings is 8. The summed E-state index contributed by atoms with van der Waals surface area (Å²) in [6.45, 7) is 0. The van der Waals surface area contributed by atoms with Crippen LogP contribution >= 0.6 is 0 Å². The fourth-order valence-electron chi connectivity index (χ4n) is 6.93. The highest BCUT2D eigenvalue weighted by Gasteiger charge is 2.18. The lowest BCUT2D eigenvalue weighted by atomic mass is 9.85. The van der Waals surface area contributed by atoms with E-state index >= 15 is 0 Å². The molecule has 3 nitrogen and oxygen atoms in total. The Bertz CT molecular complexity index is 2480. The minimum atomic E-state index is 0.647. The summed E-state index contributed by atoms with van der Waals surface area (Å²) in [5.41, 5.74) is 10.1. The molecule has 1 heterocycles. The van der Waals surface area contributed by atoms with Crippen LogP contribution in [0.1, 0.15) is 0 Å². The van der Waals surface area contributed by atoms with E-state index in [1.807, 2.05) is 60.7 Å². The molecule has 0 saturated carbocycles. The van der Waals surface area contributed by atoms with Crippen LogP contribution in [0.15, 0.2) is 188 Å². The van der Waals surface area contributed by atoms with Crippen LogP contribution < -0.4 is 0 Å². The fourth-order valence-corrected chi connectivity index (χ4v) is 6.93. The molecule has 0 amide bonds. The quantitative estimate of drug-likeness (QED) is 0.170. The Kier molecular flexibility index (Phi) is 7.49. The van der Waals surface area contributed by atoms with Crippen LogP contribution in [0.2, 0.25) is 0 Å². The predicted molar refractivity (Wildman–Crippen MR) is 207 cm³/mol. The van der Waals surface area contributed by atoms with E-state index in [1.54, 1.807) is 0 Å². The lowest BCUT2D eigenvalue weighted by molar-refractivity contribution is 1.07. The normalized spacial score (nSPS) is 11.2. The van der Waals surface area contributed by atoms with Crippen LogP contribution in [0, 0.1) is 0 Å². The Hall–Kier alpha value is -6.71. The molecule has 0 atom stereocenters. The maximum absolute atomic E-state index is 4.95. The highest BCUT2D eigenvalue weighted by molar-refractivity contribution is 6.21. The minimum absolute atomic E-state index is 0.647. The minimum Gasteiger partial charge on any atom is -0.208 e. The molecule has 0 radical (unpaired) electrons. The van der Waals surface area contributed by atoms with Gasteiger partial charge in [0.15, 0.2) is 17.5 Å². The van der Waals surface area contributed by atoms with E-state index in [4.69, 9.17) is 15.0 Å². The van der Waals surface area contributed by atoms with Crippen LogP contribution in [0.3, 0.4) is 0 Å². The first-order chi connectivity index (χ1) is 24.8. The SMILES string of the molecule is c1ccc(-c2ccc(-c3c4ccccc4c(-c4ccc(-c5nc(-c6ccccc6)nc(-c6ccccc6)n5)cc4)c4ccccc34)cc2)cc1. The van der Waals surface area contributed by atoms with Crippen LogP contribution in [-0.4, -0.2) is 15.0 Å². The van der Waals surface area contributed by atoms with E-state index in [2.05, 4.69) is 127 Å². The summed E-state index contributed by atoms with van der Waals surface area (Å²) in [6.07, 6.45) is 0. The van der Waals surface area contributed by atoms with E-state index in [-0.39, 0.29) is 0 Å². The monoisotopic (exact) mass is 637 g/mol. The zero-order chi connectivity index (χ0) is 33.3. The van der Waals surface area contributed by atoms with Crippen LogP contribution in [0.4, 0.5) is 0 Å². The van der Waals surface area contributed by atoms with Gasteiger partial charge in [0.25, 0.3) is 0 Å². The van der Waals surface area contributed by atoms with Gasteiger partial charge in [-0.15, -0.1) is 0 Å². The van der Waals surface area contributed by atoms with Crippen LogP contribution in [-0.2, 0) is 0 Å². The Morgan fingerprint density at radius 1 is 0.200 bits per heavy atom.